The number of hydrogen-bond acceptors (Lipinski definition) is 8. The molecule has 7 rings (SSSR count). The second kappa shape index (κ2) is 9.79. The van der Waals surface area contributed by atoms with E-state index >= 15 is 4.39 Å². The number of pyridine rings is 3. The Balaban J connectivity index is 1.54. The van der Waals surface area contributed by atoms with E-state index in [2.05, 4.69) is 26.2 Å². The lowest BCUT2D eigenvalue weighted by Gasteiger charge is -2.27. The monoisotopic (exact) mass is 581 g/mol. The number of H-pyrrole nitrogens is 1. The number of fused-ring (bicyclic) bond motifs is 5. The number of carboxylic acids is 1. The summed E-state index contributed by atoms with van der Waals surface area (Å²) in [5.74, 6) is -1.74. The Hall–Kier alpha value is -4.99. The molecule has 3 N–H and O–H groups in total. The highest BCUT2D eigenvalue weighted by molar-refractivity contribution is 6.19. The molecule has 0 radical (unpaired) electrons. The van der Waals surface area contributed by atoms with E-state index in [1.165, 1.54) is 16.5 Å². The molecule has 2 saturated heterocycles. The average Bonchev–Trinajstić information content (AvgIpc) is 3.69. The van der Waals surface area contributed by atoms with Gasteiger partial charge in [-0.05, 0) is 32.3 Å². The van der Waals surface area contributed by atoms with Crippen LogP contribution in [0, 0.1) is 23.1 Å². The maximum Gasteiger partial charge on any atom is 0.341 e. The highest BCUT2D eigenvalue weighted by atomic mass is 19.1. The second-order valence-electron chi connectivity index (χ2n) is 11.3. The topological polar surface area (TPSA) is 139 Å². The number of aromatic carboxylic acids is 1. The van der Waals surface area contributed by atoms with Gasteiger partial charge in [0.2, 0.25) is 0 Å². The molecule has 0 bridgehead atoms. The summed E-state index contributed by atoms with van der Waals surface area (Å²) >= 11 is 0. The predicted molar refractivity (Wildman–Crippen MR) is 160 cm³/mol. The molecule has 0 spiro atoms. The number of likely N-dealkylation sites (N-methyl/N-ethyl adjacent to an activating group) is 1. The molecule has 5 aromatic rings. The van der Waals surface area contributed by atoms with Crippen molar-refractivity contribution in [1.82, 2.24) is 19.3 Å². The zero-order chi connectivity index (χ0) is 30.2. The van der Waals surface area contributed by atoms with Crippen molar-refractivity contribution < 1.29 is 19.0 Å². The van der Waals surface area contributed by atoms with Gasteiger partial charge in [0.15, 0.2) is 0 Å². The Labute approximate surface area is 244 Å². The number of aromatic amines is 1. The van der Waals surface area contributed by atoms with Crippen LogP contribution in [-0.4, -0.2) is 83.3 Å². The number of carbonyl (C=O) groups is 1. The van der Waals surface area contributed by atoms with Gasteiger partial charge in [0.1, 0.15) is 23.1 Å². The van der Waals surface area contributed by atoms with Crippen LogP contribution in [0.3, 0.4) is 0 Å². The third kappa shape index (κ3) is 3.96. The molecule has 2 fully saturated rings. The number of hydrogen-bond donors (Lipinski definition) is 3. The fourth-order valence-corrected chi connectivity index (χ4v) is 6.75. The van der Waals surface area contributed by atoms with Crippen LogP contribution in [0.15, 0.2) is 47.5 Å². The van der Waals surface area contributed by atoms with E-state index in [9.17, 15) is 20.0 Å². The minimum Gasteiger partial charge on any atom is -0.477 e. The van der Waals surface area contributed by atoms with E-state index < -0.39 is 17.3 Å². The van der Waals surface area contributed by atoms with Crippen molar-refractivity contribution >= 4 is 44.8 Å². The van der Waals surface area contributed by atoms with Crippen LogP contribution >= 0.6 is 0 Å². The minimum atomic E-state index is -1.31. The van der Waals surface area contributed by atoms with Crippen molar-refractivity contribution in [3.05, 3.63) is 70.0 Å². The molecule has 2 aliphatic rings. The molecule has 12 heteroatoms. The number of ether oxygens (including phenoxy) is 1. The number of nitrogens with zero attached hydrogens (tertiary/aromatic N) is 5. The summed E-state index contributed by atoms with van der Waals surface area (Å²) in [5.41, 5.74) is 2.99. The van der Waals surface area contributed by atoms with Gasteiger partial charge >= 0.3 is 5.97 Å². The maximum atomic E-state index is 15.3. The van der Waals surface area contributed by atoms with Gasteiger partial charge in [-0.2, -0.15) is 5.26 Å². The molecule has 6 heterocycles. The summed E-state index contributed by atoms with van der Waals surface area (Å²) in [6.07, 6.45) is 3.28. The molecule has 3 atom stereocenters. The van der Waals surface area contributed by atoms with Crippen LogP contribution in [0.5, 0.6) is 0 Å². The fraction of sp³-hybridized carbons (Fsp3) is 0.290. The molecular weight excluding hydrogens is 553 g/mol. The van der Waals surface area contributed by atoms with Crippen molar-refractivity contribution in [2.24, 2.45) is 5.92 Å². The maximum absolute atomic E-state index is 15.3. The SMILES string of the molecule is CNc1cc(F)c(C#N)c2c1[nH]c1ncc(-c3ccc4ccc(C(=O)O)c(=O)n4c3)c(N3C[C@@H]4OCC(N(C)C)[C@@H]4C3)c12. The van der Waals surface area contributed by atoms with E-state index in [4.69, 9.17) is 9.72 Å². The summed E-state index contributed by atoms with van der Waals surface area (Å²) in [6.45, 7) is 1.86. The van der Waals surface area contributed by atoms with Gasteiger partial charge in [-0.15, -0.1) is 0 Å². The third-order valence-electron chi connectivity index (χ3n) is 8.86. The van der Waals surface area contributed by atoms with Gasteiger partial charge in [0.05, 0.1) is 40.6 Å². The van der Waals surface area contributed by atoms with E-state index in [1.54, 1.807) is 31.6 Å². The van der Waals surface area contributed by atoms with Crippen molar-refractivity contribution in [2.45, 2.75) is 12.1 Å². The zero-order valence-electron chi connectivity index (χ0n) is 23.7. The lowest BCUT2D eigenvalue weighted by Crippen LogP contribution is -2.37. The highest BCUT2D eigenvalue weighted by Gasteiger charge is 2.45. The van der Waals surface area contributed by atoms with Crippen LogP contribution in [0.25, 0.3) is 38.6 Å². The van der Waals surface area contributed by atoms with E-state index in [-0.39, 0.29) is 29.2 Å². The van der Waals surface area contributed by atoms with Crippen LogP contribution < -0.4 is 15.8 Å². The molecule has 0 saturated carbocycles. The number of carboxylic acid groups (broad SMARTS) is 1. The second-order valence-corrected chi connectivity index (χ2v) is 11.3. The van der Waals surface area contributed by atoms with Gasteiger partial charge in [-0.25, -0.2) is 14.2 Å². The minimum absolute atomic E-state index is 0.0222. The molecule has 1 aromatic carbocycles. The summed E-state index contributed by atoms with van der Waals surface area (Å²) in [4.78, 5) is 37.2. The van der Waals surface area contributed by atoms with E-state index in [0.29, 0.717) is 64.0 Å². The fourth-order valence-electron chi connectivity index (χ4n) is 6.75. The number of nitriles is 1. The Kier molecular flexibility index (Phi) is 6.12. The van der Waals surface area contributed by atoms with Crippen molar-refractivity contribution in [3.8, 4) is 17.2 Å². The Morgan fingerprint density at radius 2 is 2.05 bits per heavy atom. The quantitative estimate of drug-likeness (QED) is 0.285. The number of aromatic nitrogens is 3. The zero-order valence-corrected chi connectivity index (χ0v) is 23.7. The predicted octanol–water partition coefficient (Wildman–Crippen LogP) is 3.51. The van der Waals surface area contributed by atoms with Gasteiger partial charge in [-0.1, -0.05) is 6.07 Å². The smallest absolute Gasteiger partial charge is 0.341 e. The Morgan fingerprint density at radius 1 is 1.26 bits per heavy atom. The van der Waals surface area contributed by atoms with Crippen molar-refractivity contribution in [1.29, 1.82) is 5.26 Å². The van der Waals surface area contributed by atoms with Crippen LogP contribution in [0.1, 0.15) is 15.9 Å². The molecule has 1 unspecified atom stereocenters. The molecule has 43 heavy (non-hydrogen) atoms. The van der Waals surface area contributed by atoms with Crippen LogP contribution in [0.2, 0.25) is 0 Å². The first kappa shape index (κ1) is 26.9. The molecule has 218 valence electrons. The number of rotatable bonds is 5. The average molecular weight is 582 g/mol. The molecule has 11 nitrogen and oxygen atoms in total. The number of halogens is 1. The molecule has 2 aliphatic heterocycles. The van der Waals surface area contributed by atoms with E-state index in [0.717, 1.165) is 5.69 Å². The number of anilines is 2. The third-order valence-corrected chi connectivity index (χ3v) is 8.86. The molecule has 0 aliphatic carbocycles. The first-order valence-electron chi connectivity index (χ1n) is 13.9. The molecular formula is C31H28FN7O4. The molecule has 4 aromatic heterocycles. The van der Waals surface area contributed by atoms with Gasteiger partial charge in [0, 0.05) is 72.6 Å². The molecule has 0 amide bonds. The summed E-state index contributed by atoms with van der Waals surface area (Å²) in [7, 11) is 5.76. The highest BCUT2D eigenvalue weighted by Crippen LogP contribution is 2.46. The normalized spacial score (nSPS) is 19.9. The summed E-state index contributed by atoms with van der Waals surface area (Å²) in [5, 5.41) is 23.6. The first-order chi connectivity index (χ1) is 20.7. The van der Waals surface area contributed by atoms with Gasteiger partial charge in [0.25, 0.3) is 5.56 Å². The standard InChI is InChI=1S/C31H28FN7O4/c1-34-22-8-21(32)18(9-33)25-26-28(38-12-20-23(37(2)3)14-43-24(20)13-38)19(10-35-29(26)36-27(22)25)15-4-5-16-6-7-17(31(41)42)30(40)39(16)11-15/h4-8,10-11,20,23-24,34H,12-14H2,1-3H3,(H,35,36)(H,41,42)/t20-,23?,24-/m0/s1. The number of benzene rings is 1. The summed E-state index contributed by atoms with van der Waals surface area (Å²) < 4.78 is 22.9. The lowest BCUT2D eigenvalue weighted by atomic mass is 9.98. The van der Waals surface area contributed by atoms with E-state index in [1.807, 2.05) is 20.2 Å². The lowest BCUT2D eigenvalue weighted by molar-refractivity contribution is 0.0694. The number of nitrogens with one attached hydrogen (secondary N) is 2. The van der Waals surface area contributed by atoms with Crippen molar-refractivity contribution in [3.63, 3.8) is 0 Å². The van der Waals surface area contributed by atoms with Crippen LogP contribution in [-0.2, 0) is 4.74 Å². The Morgan fingerprint density at radius 3 is 2.77 bits per heavy atom. The van der Waals surface area contributed by atoms with Gasteiger partial charge in [-0.3, -0.25) is 9.20 Å². The van der Waals surface area contributed by atoms with Crippen LogP contribution in [0.4, 0.5) is 15.8 Å². The Bertz CT molecular complexity index is 2080. The van der Waals surface area contributed by atoms with Crippen molar-refractivity contribution in [2.75, 3.05) is 51.1 Å². The largest absolute Gasteiger partial charge is 0.477 e. The van der Waals surface area contributed by atoms with Gasteiger partial charge < -0.3 is 29.9 Å². The summed E-state index contributed by atoms with van der Waals surface area (Å²) in [6, 6.07) is 10.0. The first-order valence-corrected chi connectivity index (χ1v) is 13.9.